The van der Waals surface area contributed by atoms with Gasteiger partial charge in [-0.3, -0.25) is 0 Å². The topological polar surface area (TPSA) is 38.7 Å². The van der Waals surface area contributed by atoms with Gasteiger partial charge in [0, 0.05) is 13.7 Å². The minimum absolute atomic E-state index is 0.694. The first-order chi connectivity index (χ1) is 9.33. The summed E-state index contributed by atoms with van der Waals surface area (Å²) >= 11 is 0. The van der Waals surface area contributed by atoms with Crippen molar-refractivity contribution in [2.45, 2.75) is 34.1 Å². The van der Waals surface area contributed by atoms with Crippen LogP contribution < -0.4 is 0 Å². The van der Waals surface area contributed by atoms with E-state index in [2.05, 4.69) is 31.2 Å². The van der Waals surface area contributed by atoms with Crippen molar-refractivity contribution in [2.75, 3.05) is 33.5 Å². The predicted octanol–water partition coefficient (Wildman–Crippen LogP) is 3.23. The molecule has 0 saturated heterocycles. The summed E-state index contributed by atoms with van der Waals surface area (Å²) in [6.45, 7) is 11.0. The summed E-state index contributed by atoms with van der Waals surface area (Å²) in [5.41, 5.74) is 2.63. The third kappa shape index (κ3) is 13.3. The first-order valence-corrected chi connectivity index (χ1v) is 6.98. The highest BCUT2D eigenvalue weighted by Gasteiger charge is 1.93. The molecule has 0 saturated carbocycles. The van der Waals surface area contributed by atoms with Crippen molar-refractivity contribution in [3.63, 3.8) is 0 Å². The van der Waals surface area contributed by atoms with Crippen LogP contribution >= 0.6 is 0 Å². The quantitative estimate of drug-likeness (QED) is 0.773. The van der Waals surface area contributed by atoms with Crippen molar-refractivity contribution in [1.29, 1.82) is 0 Å². The Hall–Kier alpha value is -0.900. The second-order valence-corrected chi connectivity index (χ2v) is 3.54. The first-order valence-electron chi connectivity index (χ1n) is 6.98. The summed E-state index contributed by atoms with van der Waals surface area (Å²) in [6.07, 6.45) is 0.979. The molecule has 0 spiro atoms. The van der Waals surface area contributed by atoms with Crippen LogP contribution in [0.2, 0.25) is 0 Å². The van der Waals surface area contributed by atoms with Crippen molar-refractivity contribution >= 4 is 0 Å². The molecule has 0 atom stereocenters. The van der Waals surface area contributed by atoms with Gasteiger partial charge >= 0.3 is 0 Å². The van der Waals surface area contributed by atoms with E-state index in [9.17, 15) is 0 Å². The maximum absolute atomic E-state index is 7.00. The molecule has 0 aliphatic rings. The van der Waals surface area contributed by atoms with E-state index < -0.39 is 0 Å². The fourth-order valence-corrected chi connectivity index (χ4v) is 1.31. The van der Waals surface area contributed by atoms with Crippen molar-refractivity contribution in [3.8, 4) is 0 Å². The lowest BCUT2D eigenvalue weighted by Gasteiger charge is -2.04. The lowest BCUT2D eigenvalue weighted by molar-refractivity contribution is 0.0541. The Morgan fingerprint density at radius 2 is 1.42 bits per heavy atom. The van der Waals surface area contributed by atoms with E-state index in [4.69, 9.17) is 14.6 Å². The standard InChI is InChI=1S/C13H20O2.C2H6.CH4O/c1-3-14-10-11-15-9-8-13-6-4-12(2)5-7-13;2*1-2/h4-7H,3,8-11H2,1-2H3;1-2H3;2H,1H3. The second-order valence-electron chi connectivity index (χ2n) is 3.54. The molecule has 0 aliphatic carbocycles. The molecule has 1 rings (SSSR count). The Labute approximate surface area is 118 Å². The highest BCUT2D eigenvalue weighted by atomic mass is 16.5. The van der Waals surface area contributed by atoms with Gasteiger partial charge in [-0.05, 0) is 25.8 Å². The van der Waals surface area contributed by atoms with Crippen LogP contribution in [0.3, 0.4) is 0 Å². The fraction of sp³-hybridized carbons (Fsp3) is 0.625. The minimum Gasteiger partial charge on any atom is -0.400 e. The molecular formula is C16H30O3. The van der Waals surface area contributed by atoms with Crippen LogP contribution in [0.1, 0.15) is 31.9 Å². The van der Waals surface area contributed by atoms with Gasteiger partial charge < -0.3 is 14.6 Å². The largest absolute Gasteiger partial charge is 0.400 e. The number of hydrogen-bond donors (Lipinski definition) is 1. The third-order valence-electron chi connectivity index (χ3n) is 2.23. The summed E-state index contributed by atoms with van der Waals surface area (Å²) in [7, 11) is 1.00. The molecule has 1 aromatic carbocycles. The summed E-state index contributed by atoms with van der Waals surface area (Å²) in [5, 5.41) is 7.00. The predicted molar refractivity (Wildman–Crippen MR) is 81.7 cm³/mol. The highest BCUT2D eigenvalue weighted by molar-refractivity contribution is 5.21. The van der Waals surface area contributed by atoms with Crippen LogP contribution in [0.15, 0.2) is 24.3 Å². The number of aryl methyl sites for hydroxylation is 1. The zero-order valence-corrected chi connectivity index (χ0v) is 13.1. The van der Waals surface area contributed by atoms with Crippen LogP contribution in [-0.2, 0) is 15.9 Å². The summed E-state index contributed by atoms with van der Waals surface area (Å²) < 4.78 is 10.6. The zero-order chi connectivity index (χ0) is 14.9. The van der Waals surface area contributed by atoms with Crippen molar-refractivity contribution in [2.24, 2.45) is 0 Å². The third-order valence-corrected chi connectivity index (χ3v) is 2.23. The summed E-state index contributed by atoms with van der Waals surface area (Å²) in [6, 6.07) is 8.58. The van der Waals surface area contributed by atoms with Crippen LogP contribution in [0, 0.1) is 6.92 Å². The maximum atomic E-state index is 7.00. The van der Waals surface area contributed by atoms with E-state index in [1.807, 2.05) is 20.8 Å². The molecule has 0 unspecified atom stereocenters. The molecule has 3 heteroatoms. The molecule has 3 nitrogen and oxygen atoms in total. The van der Waals surface area contributed by atoms with Gasteiger partial charge in [0.2, 0.25) is 0 Å². The lowest BCUT2D eigenvalue weighted by atomic mass is 10.1. The van der Waals surface area contributed by atoms with Gasteiger partial charge in [-0.2, -0.15) is 0 Å². The van der Waals surface area contributed by atoms with Gasteiger partial charge in [0.05, 0.1) is 19.8 Å². The van der Waals surface area contributed by atoms with E-state index in [1.54, 1.807) is 0 Å². The highest BCUT2D eigenvalue weighted by Crippen LogP contribution is 2.03. The first kappa shape index (κ1) is 20.4. The maximum Gasteiger partial charge on any atom is 0.0700 e. The van der Waals surface area contributed by atoms with Crippen LogP contribution in [0.25, 0.3) is 0 Å². The number of rotatable bonds is 7. The molecule has 0 fully saturated rings. The zero-order valence-electron chi connectivity index (χ0n) is 13.1. The summed E-state index contributed by atoms with van der Waals surface area (Å²) in [4.78, 5) is 0. The van der Waals surface area contributed by atoms with E-state index in [0.29, 0.717) is 13.2 Å². The second kappa shape index (κ2) is 17.1. The molecule has 1 aromatic rings. The summed E-state index contributed by atoms with van der Waals surface area (Å²) in [5.74, 6) is 0. The Balaban J connectivity index is 0. The van der Waals surface area contributed by atoms with E-state index in [-0.39, 0.29) is 0 Å². The molecule has 1 N–H and O–H groups in total. The number of benzene rings is 1. The molecule has 0 radical (unpaired) electrons. The van der Waals surface area contributed by atoms with Crippen LogP contribution in [0.4, 0.5) is 0 Å². The smallest absolute Gasteiger partial charge is 0.0700 e. The molecular weight excluding hydrogens is 240 g/mol. The Kier molecular flexibility index (Phi) is 18.4. The van der Waals surface area contributed by atoms with Crippen molar-refractivity contribution < 1.29 is 14.6 Å². The van der Waals surface area contributed by atoms with Gasteiger partial charge in [0.25, 0.3) is 0 Å². The van der Waals surface area contributed by atoms with Crippen LogP contribution in [0.5, 0.6) is 0 Å². The van der Waals surface area contributed by atoms with Gasteiger partial charge in [-0.1, -0.05) is 43.7 Å². The Morgan fingerprint density at radius 1 is 0.895 bits per heavy atom. The van der Waals surface area contributed by atoms with Gasteiger partial charge in [0.1, 0.15) is 0 Å². The molecule has 19 heavy (non-hydrogen) atoms. The van der Waals surface area contributed by atoms with Gasteiger partial charge in [0.15, 0.2) is 0 Å². The number of ether oxygens (including phenoxy) is 2. The molecule has 0 aromatic heterocycles. The van der Waals surface area contributed by atoms with E-state index >= 15 is 0 Å². The van der Waals surface area contributed by atoms with E-state index in [0.717, 1.165) is 26.7 Å². The minimum atomic E-state index is 0.694. The monoisotopic (exact) mass is 270 g/mol. The average molecular weight is 270 g/mol. The van der Waals surface area contributed by atoms with Gasteiger partial charge in [-0.15, -0.1) is 0 Å². The normalized spacial score (nSPS) is 8.95. The lowest BCUT2D eigenvalue weighted by Crippen LogP contribution is -2.06. The van der Waals surface area contributed by atoms with Gasteiger partial charge in [-0.25, -0.2) is 0 Å². The molecule has 112 valence electrons. The van der Waals surface area contributed by atoms with Crippen molar-refractivity contribution in [1.82, 2.24) is 0 Å². The van der Waals surface area contributed by atoms with E-state index in [1.165, 1.54) is 11.1 Å². The Bertz CT molecular complexity index is 257. The molecule has 0 aliphatic heterocycles. The number of aliphatic hydroxyl groups is 1. The Morgan fingerprint density at radius 3 is 1.95 bits per heavy atom. The van der Waals surface area contributed by atoms with Crippen molar-refractivity contribution in [3.05, 3.63) is 35.4 Å². The molecule has 0 heterocycles. The SMILES string of the molecule is CC.CCOCCOCCc1ccc(C)cc1.CO. The number of aliphatic hydroxyl groups excluding tert-OH is 1. The fourth-order valence-electron chi connectivity index (χ4n) is 1.31. The molecule has 0 bridgehead atoms. The molecule has 0 amide bonds. The average Bonchev–Trinajstić information content (AvgIpc) is 2.49. The van der Waals surface area contributed by atoms with Crippen LogP contribution in [-0.4, -0.2) is 38.6 Å². The number of hydrogen-bond acceptors (Lipinski definition) is 3.